The smallest absolute Gasteiger partial charge is 0.251 e. The molecule has 1 heterocycles. The fraction of sp³-hybridized carbons (Fsp3) is 0.118. The highest BCUT2D eigenvalue weighted by molar-refractivity contribution is 5.94. The molecule has 7 heteroatoms. The number of carbonyl (C=O) groups is 1. The Morgan fingerprint density at radius 2 is 1.83 bits per heavy atom. The van der Waals surface area contributed by atoms with Crippen molar-refractivity contribution >= 4 is 5.91 Å². The predicted octanol–water partition coefficient (Wildman–Crippen LogP) is 2.81. The van der Waals surface area contributed by atoms with Crippen LogP contribution in [0.15, 0.2) is 52.9 Å². The molecule has 6 nitrogen and oxygen atoms in total. The average Bonchev–Trinajstić information content (AvgIpc) is 3.09. The first-order valence-electron chi connectivity index (χ1n) is 7.16. The predicted molar refractivity (Wildman–Crippen MR) is 83.9 cm³/mol. The molecule has 0 saturated carbocycles. The first-order chi connectivity index (χ1) is 11.7. The zero-order valence-corrected chi connectivity index (χ0v) is 12.8. The summed E-state index contributed by atoms with van der Waals surface area (Å²) in [6.07, 6.45) is 0. The van der Waals surface area contributed by atoms with E-state index in [-0.39, 0.29) is 30.1 Å². The molecule has 1 aromatic heterocycles. The van der Waals surface area contributed by atoms with Gasteiger partial charge in [-0.2, -0.15) is 0 Å². The van der Waals surface area contributed by atoms with Crippen LogP contribution in [0.2, 0.25) is 0 Å². The summed E-state index contributed by atoms with van der Waals surface area (Å²) in [7, 11) is 1.56. The second-order valence-electron chi connectivity index (χ2n) is 4.92. The van der Waals surface area contributed by atoms with Gasteiger partial charge < -0.3 is 14.5 Å². The van der Waals surface area contributed by atoms with Crippen LogP contribution in [0.25, 0.3) is 11.5 Å². The van der Waals surface area contributed by atoms with E-state index in [9.17, 15) is 9.18 Å². The Morgan fingerprint density at radius 3 is 2.50 bits per heavy atom. The van der Waals surface area contributed by atoms with E-state index in [0.717, 1.165) is 0 Å². The molecule has 1 amide bonds. The van der Waals surface area contributed by atoms with E-state index in [1.54, 1.807) is 43.5 Å². The van der Waals surface area contributed by atoms with Gasteiger partial charge in [-0.3, -0.25) is 4.79 Å². The molecule has 0 bridgehead atoms. The van der Waals surface area contributed by atoms with Gasteiger partial charge >= 0.3 is 0 Å². The number of aromatic nitrogens is 2. The van der Waals surface area contributed by atoms with E-state index in [0.29, 0.717) is 16.9 Å². The number of ether oxygens (including phenoxy) is 1. The van der Waals surface area contributed by atoms with Crippen LogP contribution >= 0.6 is 0 Å². The first-order valence-corrected chi connectivity index (χ1v) is 7.16. The maximum absolute atomic E-state index is 12.9. The average molecular weight is 327 g/mol. The van der Waals surface area contributed by atoms with Gasteiger partial charge in [0, 0.05) is 11.1 Å². The summed E-state index contributed by atoms with van der Waals surface area (Å²) >= 11 is 0. The number of nitrogens with zero attached hydrogens (tertiary/aromatic N) is 2. The van der Waals surface area contributed by atoms with Crippen molar-refractivity contribution in [1.29, 1.82) is 0 Å². The molecule has 3 rings (SSSR count). The number of halogens is 1. The van der Waals surface area contributed by atoms with Crippen LogP contribution in [0.5, 0.6) is 5.75 Å². The molecule has 1 N–H and O–H groups in total. The van der Waals surface area contributed by atoms with Crippen LogP contribution < -0.4 is 10.1 Å². The van der Waals surface area contributed by atoms with Gasteiger partial charge in [0.1, 0.15) is 11.6 Å². The molecule has 0 spiro atoms. The number of nitrogens with one attached hydrogen (secondary N) is 1. The normalized spacial score (nSPS) is 10.4. The van der Waals surface area contributed by atoms with Gasteiger partial charge in [-0.15, -0.1) is 10.2 Å². The zero-order valence-electron chi connectivity index (χ0n) is 12.8. The molecule has 0 fully saturated rings. The molecule has 0 radical (unpaired) electrons. The number of rotatable bonds is 5. The summed E-state index contributed by atoms with van der Waals surface area (Å²) in [4.78, 5) is 12.0. The number of hydrogen-bond acceptors (Lipinski definition) is 5. The second kappa shape index (κ2) is 6.91. The minimum absolute atomic E-state index is 0.0963. The van der Waals surface area contributed by atoms with Crippen LogP contribution in [0.4, 0.5) is 4.39 Å². The van der Waals surface area contributed by atoms with Crippen molar-refractivity contribution in [1.82, 2.24) is 15.5 Å². The van der Waals surface area contributed by atoms with Crippen molar-refractivity contribution in [3.63, 3.8) is 0 Å². The van der Waals surface area contributed by atoms with Crippen molar-refractivity contribution in [3.05, 3.63) is 65.8 Å². The fourth-order valence-electron chi connectivity index (χ4n) is 2.03. The molecule has 3 aromatic rings. The summed E-state index contributed by atoms with van der Waals surface area (Å²) in [5, 5.41) is 10.4. The number of hydrogen-bond donors (Lipinski definition) is 1. The van der Waals surface area contributed by atoms with Crippen molar-refractivity contribution in [2.75, 3.05) is 7.11 Å². The highest BCUT2D eigenvalue weighted by Crippen LogP contribution is 2.18. The lowest BCUT2D eigenvalue weighted by atomic mass is 10.2. The lowest BCUT2D eigenvalue weighted by Crippen LogP contribution is -2.22. The van der Waals surface area contributed by atoms with E-state index < -0.39 is 0 Å². The van der Waals surface area contributed by atoms with Gasteiger partial charge in [-0.05, 0) is 48.5 Å². The second-order valence-corrected chi connectivity index (χ2v) is 4.92. The van der Waals surface area contributed by atoms with Gasteiger partial charge in [-0.1, -0.05) is 0 Å². The van der Waals surface area contributed by atoms with E-state index in [1.165, 1.54) is 12.1 Å². The Bertz CT molecular complexity index is 829. The molecular formula is C17H14FN3O3. The van der Waals surface area contributed by atoms with Crippen molar-refractivity contribution in [2.24, 2.45) is 0 Å². The largest absolute Gasteiger partial charge is 0.497 e. The molecule has 0 unspecified atom stereocenters. The van der Waals surface area contributed by atoms with Crippen molar-refractivity contribution in [3.8, 4) is 17.2 Å². The number of carbonyl (C=O) groups excluding carboxylic acids is 1. The zero-order chi connectivity index (χ0) is 16.9. The maximum Gasteiger partial charge on any atom is 0.251 e. The Kier molecular flexibility index (Phi) is 4.51. The Hall–Kier alpha value is -3.22. The number of methoxy groups -OCH3 is 1. The molecule has 122 valence electrons. The van der Waals surface area contributed by atoms with Crippen LogP contribution in [-0.2, 0) is 6.54 Å². The standard InChI is InChI=1S/C17H14FN3O3/c1-23-14-8-4-11(5-9-14)16(22)19-10-15-20-21-17(24-15)12-2-6-13(18)7-3-12/h2-9H,10H2,1H3,(H,19,22). The summed E-state index contributed by atoms with van der Waals surface area (Å²) in [5.74, 6) is 0.594. The fourth-order valence-corrected chi connectivity index (χ4v) is 2.03. The van der Waals surface area contributed by atoms with Crippen molar-refractivity contribution < 1.29 is 18.3 Å². The Morgan fingerprint density at radius 1 is 1.12 bits per heavy atom. The lowest BCUT2D eigenvalue weighted by molar-refractivity contribution is 0.0947. The van der Waals surface area contributed by atoms with Crippen LogP contribution in [0, 0.1) is 5.82 Å². The van der Waals surface area contributed by atoms with E-state index in [2.05, 4.69) is 15.5 Å². The van der Waals surface area contributed by atoms with E-state index >= 15 is 0 Å². The van der Waals surface area contributed by atoms with Gasteiger partial charge in [0.2, 0.25) is 11.8 Å². The summed E-state index contributed by atoms with van der Waals surface area (Å²) in [6.45, 7) is 0.0963. The molecule has 2 aromatic carbocycles. The molecule has 0 aliphatic heterocycles. The van der Waals surface area contributed by atoms with Crippen LogP contribution in [0.3, 0.4) is 0 Å². The summed E-state index contributed by atoms with van der Waals surface area (Å²) < 4.78 is 23.4. The Labute approximate surface area is 137 Å². The molecule has 0 aliphatic rings. The lowest BCUT2D eigenvalue weighted by Gasteiger charge is -2.04. The molecule has 24 heavy (non-hydrogen) atoms. The molecular weight excluding hydrogens is 313 g/mol. The van der Waals surface area contributed by atoms with Gasteiger partial charge in [0.25, 0.3) is 5.91 Å². The number of benzene rings is 2. The van der Waals surface area contributed by atoms with Gasteiger partial charge in [0.05, 0.1) is 13.7 Å². The summed E-state index contributed by atoms with van der Waals surface area (Å²) in [5.41, 5.74) is 1.10. The third-order valence-electron chi connectivity index (χ3n) is 3.31. The van der Waals surface area contributed by atoms with E-state index in [1.807, 2.05) is 0 Å². The topological polar surface area (TPSA) is 77.2 Å². The highest BCUT2D eigenvalue weighted by atomic mass is 19.1. The summed E-state index contributed by atoms with van der Waals surface area (Å²) in [6, 6.07) is 12.4. The Balaban J connectivity index is 1.62. The van der Waals surface area contributed by atoms with Crippen LogP contribution in [-0.4, -0.2) is 23.2 Å². The highest BCUT2D eigenvalue weighted by Gasteiger charge is 2.11. The third-order valence-corrected chi connectivity index (χ3v) is 3.31. The van der Waals surface area contributed by atoms with Gasteiger partial charge in [0.15, 0.2) is 0 Å². The van der Waals surface area contributed by atoms with Crippen molar-refractivity contribution in [2.45, 2.75) is 6.54 Å². The minimum atomic E-state index is -0.342. The van der Waals surface area contributed by atoms with Gasteiger partial charge in [-0.25, -0.2) is 4.39 Å². The molecule has 0 atom stereocenters. The molecule has 0 aliphatic carbocycles. The van der Waals surface area contributed by atoms with Crippen LogP contribution in [0.1, 0.15) is 16.2 Å². The number of amides is 1. The first kappa shape index (κ1) is 15.7. The monoisotopic (exact) mass is 327 g/mol. The minimum Gasteiger partial charge on any atom is -0.497 e. The maximum atomic E-state index is 12.9. The third kappa shape index (κ3) is 3.57. The SMILES string of the molecule is COc1ccc(C(=O)NCc2nnc(-c3ccc(F)cc3)o2)cc1. The quantitative estimate of drug-likeness (QED) is 0.780. The molecule has 0 saturated heterocycles. The van der Waals surface area contributed by atoms with E-state index in [4.69, 9.17) is 9.15 Å².